The van der Waals surface area contributed by atoms with Crippen LogP contribution in [0.3, 0.4) is 0 Å². The average molecular weight is 455 g/mol. The summed E-state index contributed by atoms with van der Waals surface area (Å²) in [7, 11) is 1.67. The summed E-state index contributed by atoms with van der Waals surface area (Å²) < 4.78 is 6.09. The van der Waals surface area contributed by atoms with Gasteiger partial charge in [0, 0.05) is 18.5 Å². The lowest BCUT2D eigenvalue weighted by Crippen LogP contribution is -2.51. The van der Waals surface area contributed by atoms with Gasteiger partial charge in [0.25, 0.3) is 5.91 Å². The van der Waals surface area contributed by atoms with Crippen molar-refractivity contribution in [2.75, 3.05) is 7.05 Å². The molecular weight excluding hydrogens is 424 g/mol. The van der Waals surface area contributed by atoms with E-state index in [0.29, 0.717) is 29.2 Å². The molecule has 0 fully saturated rings. The van der Waals surface area contributed by atoms with Gasteiger partial charge < -0.3 is 15.0 Å². The van der Waals surface area contributed by atoms with Crippen molar-refractivity contribution in [2.24, 2.45) is 5.92 Å². The first kappa shape index (κ1) is 23.9. The first-order chi connectivity index (χ1) is 15.3. The highest BCUT2D eigenvalue weighted by atomic mass is 35.5. The topological polar surface area (TPSA) is 58.6 Å². The van der Waals surface area contributed by atoms with Gasteiger partial charge in [-0.05, 0) is 49.1 Å². The van der Waals surface area contributed by atoms with Crippen molar-refractivity contribution < 1.29 is 14.3 Å². The average Bonchev–Trinajstić information content (AvgIpc) is 2.75. The Bertz CT molecular complexity index is 989. The van der Waals surface area contributed by atoms with Crippen molar-refractivity contribution in [3.63, 3.8) is 0 Å². The van der Waals surface area contributed by atoms with E-state index in [0.717, 1.165) is 5.56 Å². The van der Waals surface area contributed by atoms with Crippen LogP contribution < -0.4 is 10.1 Å². The lowest BCUT2D eigenvalue weighted by atomic mass is 9.98. The summed E-state index contributed by atoms with van der Waals surface area (Å²) >= 11 is 6.21. The number of hydrogen-bond acceptors (Lipinski definition) is 3. The standard InChI is InChI=1S/C26H31ClN2O3/c1-17(2)24-25(30)28-22(19-11-9-12-20(27)16-19)14-7-5-10-18(3)32-23-15-8-6-13-21(23)26(31)29(24)4/h5-9,11-13,15-18,22,24H,10,14H2,1-4H3,(H,28,30)/b7-5+/t18-,22+,24-/m1/s1. The number of rotatable bonds is 2. The predicted octanol–water partition coefficient (Wildman–Crippen LogP) is 5.41. The van der Waals surface area contributed by atoms with E-state index in [9.17, 15) is 9.59 Å². The van der Waals surface area contributed by atoms with E-state index in [1.165, 1.54) is 4.90 Å². The lowest BCUT2D eigenvalue weighted by molar-refractivity contribution is -0.127. The lowest BCUT2D eigenvalue weighted by Gasteiger charge is -2.32. The summed E-state index contributed by atoms with van der Waals surface area (Å²) in [5.41, 5.74) is 1.38. The molecule has 2 aromatic carbocycles. The fourth-order valence-electron chi connectivity index (χ4n) is 4.03. The molecule has 2 aromatic rings. The molecule has 0 aliphatic carbocycles. The van der Waals surface area contributed by atoms with Crippen molar-refractivity contribution in [2.45, 2.75) is 51.8 Å². The summed E-state index contributed by atoms with van der Waals surface area (Å²) in [6, 6.07) is 13.8. The molecule has 1 aliphatic rings. The van der Waals surface area contributed by atoms with E-state index >= 15 is 0 Å². The van der Waals surface area contributed by atoms with Gasteiger partial charge in [-0.2, -0.15) is 0 Å². The van der Waals surface area contributed by atoms with Crippen LogP contribution in [0.1, 0.15) is 55.6 Å². The van der Waals surface area contributed by atoms with E-state index in [1.54, 1.807) is 25.2 Å². The predicted molar refractivity (Wildman–Crippen MR) is 128 cm³/mol. The van der Waals surface area contributed by atoms with Gasteiger partial charge in [0.05, 0.1) is 17.7 Å². The Morgan fingerprint density at radius 2 is 1.78 bits per heavy atom. The maximum absolute atomic E-state index is 13.4. The van der Waals surface area contributed by atoms with E-state index in [2.05, 4.69) is 17.5 Å². The van der Waals surface area contributed by atoms with E-state index in [4.69, 9.17) is 16.3 Å². The third-order valence-electron chi connectivity index (χ3n) is 5.66. The number of benzene rings is 2. The second kappa shape index (κ2) is 10.7. The smallest absolute Gasteiger partial charge is 0.258 e. The Hall–Kier alpha value is -2.79. The van der Waals surface area contributed by atoms with E-state index in [-0.39, 0.29) is 29.9 Å². The van der Waals surface area contributed by atoms with Crippen LogP contribution in [-0.2, 0) is 4.79 Å². The number of amides is 2. The van der Waals surface area contributed by atoms with Crippen LogP contribution in [0.2, 0.25) is 5.02 Å². The maximum Gasteiger partial charge on any atom is 0.258 e. The van der Waals surface area contributed by atoms with Gasteiger partial charge >= 0.3 is 0 Å². The number of ether oxygens (including phenoxy) is 1. The molecule has 0 saturated heterocycles. The third kappa shape index (κ3) is 5.71. The summed E-state index contributed by atoms with van der Waals surface area (Å²) in [4.78, 5) is 28.3. The molecule has 0 aromatic heterocycles. The first-order valence-electron chi connectivity index (χ1n) is 11.0. The van der Waals surface area contributed by atoms with Crippen LogP contribution in [0.15, 0.2) is 60.7 Å². The quantitative estimate of drug-likeness (QED) is 0.617. The molecule has 1 N–H and O–H groups in total. The Morgan fingerprint density at radius 3 is 2.50 bits per heavy atom. The van der Waals surface area contributed by atoms with Crippen LogP contribution in [0, 0.1) is 5.92 Å². The Labute approximate surface area is 195 Å². The molecule has 3 atom stereocenters. The van der Waals surface area contributed by atoms with Gasteiger partial charge in [0.15, 0.2) is 0 Å². The normalized spacial score (nSPS) is 23.7. The van der Waals surface area contributed by atoms with Gasteiger partial charge in [0.1, 0.15) is 11.8 Å². The summed E-state index contributed by atoms with van der Waals surface area (Å²) in [5, 5.41) is 3.78. The van der Waals surface area contributed by atoms with Crippen LogP contribution in [0.25, 0.3) is 0 Å². The molecular formula is C26H31ClN2O3. The number of carbonyl (C=O) groups excluding carboxylic acids is 2. The highest BCUT2D eigenvalue weighted by Crippen LogP contribution is 2.26. The minimum Gasteiger partial charge on any atom is -0.490 e. The van der Waals surface area contributed by atoms with Crippen molar-refractivity contribution in [3.8, 4) is 5.75 Å². The second-order valence-electron chi connectivity index (χ2n) is 8.59. The third-order valence-corrected chi connectivity index (χ3v) is 5.89. The molecule has 0 radical (unpaired) electrons. The molecule has 2 amide bonds. The molecule has 1 aliphatic heterocycles. The highest BCUT2D eigenvalue weighted by molar-refractivity contribution is 6.30. The number of likely N-dealkylation sites (N-methyl/N-ethyl adjacent to an activating group) is 1. The summed E-state index contributed by atoms with van der Waals surface area (Å²) in [6.45, 7) is 5.86. The van der Waals surface area contributed by atoms with Crippen LogP contribution in [0.5, 0.6) is 5.75 Å². The molecule has 0 bridgehead atoms. The molecule has 3 rings (SSSR count). The molecule has 0 saturated carbocycles. The SMILES string of the molecule is CC(C)[C@@H]1C(=O)N[C@H](c2cccc(Cl)c2)C/C=C/C[C@@H](C)Oc2ccccc2C(=O)N1C. The molecule has 1 heterocycles. The van der Waals surface area contributed by atoms with Gasteiger partial charge in [-0.1, -0.05) is 61.9 Å². The minimum atomic E-state index is -0.637. The molecule has 6 heteroatoms. The fraction of sp³-hybridized carbons (Fsp3) is 0.385. The Morgan fingerprint density at radius 1 is 1.06 bits per heavy atom. The van der Waals surface area contributed by atoms with Crippen molar-refractivity contribution in [1.82, 2.24) is 10.2 Å². The van der Waals surface area contributed by atoms with E-state index < -0.39 is 6.04 Å². The van der Waals surface area contributed by atoms with Crippen molar-refractivity contribution >= 4 is 23.4 Å². The number of fused-ring (bicyclic) bond motifs is 1. The largest absolute Gasteiger partial charge is 0.490 e. The number of nitrogens with zero attached hydrogens (tertiary/aromatic N) is 1. The van der Waals surface area contributed by atoms with Gasteiger partial charge in [-0.3, -0.25) is 9.59 Å². The molecule has 0 unspecified atom stereocenters. The fourth-order valence-corrected chi connectivity index (χ4v) is 4.23. The van der Waals surface area contributed by atoms with Crippen LogP contribution in [-0.4, -0.2) is 35.9 Å². The number of nitrogens with one attached hydrogen (secondary N) is 1. The van der Waals surface area contributed by atoms with Crippen LogP contribution >= 0.6 is 11.6 Å². The van der Waals surface area contributed by atoms with Crippen molar-refractivity contribution in [1.29, 1.82) is 0 Å². The van der Waals surface area contributed by atoms with Gasteiger partial charge in [-0.25, -0.2) is 0 Å². The van der Waals surface area contributed by atoms with E-state index in [1.807, 2.05) is 51.1 Å². The number of halogens is 1. The minimum absolute atomic E-state index is 0.0839. The number of carbonyl (C=O) groups is 2. The number of hydrogen-bond donors (Lipinski definition) is 1. The molecule has 170 valence electrons. The Balaban J connectivity index is 2.01. The van der Waals surface area contributed by atoms with Gasteiger partial charge in [-0.15, -0.1) is 0 Å². The highest BCUT2D eigenvalue weighted by Gasteiger charge is 2.33. The maximum atomic E-state index is 13.4. The monoisotopic (exact) mass is 454 g/mol. The molecule has 5 nitrogen and oxygen atoms in total. The summed E-state index contributed by atoms with van der Waals surface area (Å²) in [5.74, 6) is 0.00745. The van der Waals surface area contributed by atoms with Crippen molar-refractivity contribution in [3.05, 3.63) is 76.8 Å². The zero-order valence-electron chi connectivity index (χ0n) is 19.0. The molecule has 0 spiro atoms. The first-order valence-corrected chi connectivity index (χ1v) is 11.4. The number of para-hydroxylation sites is 1. The second-order valence-corrected chi connectivity index (χ2v) is 9.02. The van der Waals surface area contributed by atoms with Gasteiger partial charge in [0.2, 0.25) is 5.91 Å². The zero-order chi connectivity index (χ0) is 23.3. The van der Waals surface area contributed by atoms with Crippen LogP contribution in [0.4, 0.5) is 0 Å². The zero-order valence-corrected chi connectivity index (χ0v) is 19.8. The molecule has 32 heavy (non-hydrogen) atoms. The summed E-state index contributed by atoms with van der Waals surface area (Å²) in [6.07, 6.45) is 5.30. The Kier molecular flexibility index (Phi) is 7.97.